The topological polar surface area (TPSA) is 57.6 Å². The molecule has 4 heteroatoms. The highest BCUT2D eigenvalue weighted by Gasteiger charge is 2.67. The van der Waals surface area contributed by atoms with Crippen LogP contribution in [0.2, 0.25) is 0 Å². The SMILES string of the molecule is CC1(C)[C@H](C(=O)O)[C@@H]1C(=O)N(CC1CC1)C1CC1. The summed E-state index contributed by atoms with van der Waals surface area (Å²) in [5, 5.41) is 9.17. The first-order valence-corrected chi connectivity index (χ1v) is 6.96. The molecule has 2 atom stereocenters. The Labute approximate surface area is 107 Å². The van der Waals surface area contributed by atoms with Gasteiger partial charge in [0, 0.05) is 12.6 Å². The molecule has 0 heterocycles. The number of hydrogen-bond donors (Lipinski definition) is 1. The van der Waals surface area contributed by atoms with Crippen LogP contribution in [0.25, 0.3) is 0 Å². The van der Waals surface area contributed by atoms with Crippen LogP contribution >= 0.6 is 0 Å². The second-order valence-electron chi connectivity index (χ2n) is 6.78. The van der Waals surface area contributed by atoms with Crippen molar-refractivity contribution < 1.29 is 14.7 Å². The average molecular weight is 251 g/mol. The number of amides is 1. The monoisotopic (exact) mass is 251 g/mol. The molecule has 0 radical (unpaired) electrons. The van der Waals surface area contributed by atoms with Crippen molar-refractivity contribution in [1.82, 2.24) is 4.90 Å². The lowest BCUT2D eigenvalue weighted by atomic mass is 10.1. The second kappa shape index (κ2) is 3.72. The summed E-state index contributed by atoms with van der Waals surface area (Å²) in [5.41, 5.74) is -0.362. The van der Waals surface area contributed by atoms with E-state index in [1.54, 1.807) is 0 Å². The maximum Gasteiger partial charge on any atom is 0.307 e. The van der Waals surface area contributed by atoms with Crippen molar-refractivity contribution in [1.29, 1.82) is 0 Å². The molecule has 0 aromatic carbocycles. The molecule has 4 nitrogen and oxygen atoms in total. The van der Waals surface area contributed by atoms with Gasteiger partial charge in [0.05, 0.1) is 11.8 Å². The van der Waals surface area contributed by atoms with Crippen LogP contribution in [-0.4, -0.2) is 34.5 Å². The zero-order valence-corrected chi connectivity index (χ0v) is 11.1. The summed E-state index contributed by atoms with van der Waals surface area (Å²) in [6, 6.07) is 0.406. The van der Waals surface area contributed by atoms with E-state index in [0.29, 0.717) is 12.0 Å². The Morgan fingerprint density at radius 2 is 1.78 bits per heavy atom. The normalized spacial score (nSPS) is 33.0. The molecule has 0 bridgehead atoms. The number of rotatable bonds is 5. The number of carboxylic acid groups (broad SMARTS) is 1. The van der Waals surface area contributed by atoms with Gasteiger partial charge in [-0.3, -0.25) is 9.59 Å². The first-order valence-electron chi connectivity index (χ1n) is 6.96. The highest BCUT2D eigenvalue weighted by atomic mass is 16.4. The van der Waals surface area contributed by atoms with E-state index in [-0.39, 0.29) is 17.2 Å². The van der Waals surface area contributed by atoms with Crippen molar-refractivity contribution in [2.45, 2.75) is 45.6 Å². The number of hydrogen-bond acceptors (Lipinski definition) is 2. The molecule has 18 heavy (non-hydrogen) atoms. The van der Waals surface area contributed by atoms with Crippen molar-refractivity contribution in [3.05, 3.63) is 0 Å². The lowest BCUT2D eigenvalue weighted by Crippen LogP contribution is -2.37. The summed E-state index contributed by atoms with van der Waals surface area (Å²) in [6.07, 6.45) is 4.66. The van der Waals surface area contributed by atoms with Crippen LogP contribution in [0.5, 0.6) is 0 Å². The molecule has 3 rings (SSSR count). The van der Waals surface area contributed by atoms with Gasteiger partial charge in [-0.25, -0.2) is 0 Å². The fourth-order valence-corrected chi connectivity index (χ4v) is 3.12. The quantitative estimate of drug-likeness (QED) is 0.809. The maximum atomic E-state index is 12.5. The van der Waals surface area contributed by atoms with E-state index in [1.165, 1.54) is 12.8 Å². The number of carboxylic acids is 1. The largest absolute Gasteiger partial charge is 0.481 e. The lowest BCUT2D eigenvalue weighted by Gasteiger charge is -2.23. The van der Waals surface area contributed by atoms with Crippen LogP contribution < -0.4 is 0 Å². The third-order valence-corrected chi connectivity index (χ3v) is 4.78. The minimum Gasteiger partial charge on any atom is -0.481 e. The Kier molecular flexibility index (Phi) is 2.48. The molecule has 3 aliphatic rings. The number of carbonyl (C=O) groups excluding carboxylic acids is 1. The standard InChI is InChI=1S/C14H21NO3/c1-14(2)10(11(14)13(17)18)12(16)15(9-5-6-9)7-8-3-4-8/h8-11H,3-7H2,1-2H3,(H,17,18)/t10-,11+/m1/s1. The lowest BCUT2D eigenvalue weighted by molar-refractivity contribution is -0.142. The molecule has 0 aliphatic heterocycles. The van der Waals surface area contributed by atoms with E-state index in [4.69, 9.17) is 5.11 Å². The van der Waals surface area contributed by atoms with E-state index >= 15 is 0 Å². The van der Waals surface area contributed by atoms with Gasteiger partial charge in [0.15, 0.2) is 0 Å². The van der Waals surface area contributed by atoms with Crippen molar-refractivity contribution in [2.75, 3.05) is 6.54 Å². The van der Waals surface area contributed by atoms with E-state index < -0.39 is 11.9 Å². The van der Waals surface area contributed by atoms with Crippen LogP contribution in [0.15, 0.2) is 0 Å². The van der Waals surface area contributed by atoms with Gasteiger partial charge < -0.3 is 10.0 Å². The Morgan fingerprint density at radius 1 is 1.17 bits per heavy atom. The Morgan fingerprint density at radius 3 is 2.17 bits per heavy atom. The third-order valence-electron chi connectivity index (χ3n) is 4.78. The molecule has 0 aromatic rings. The predicted molar refractivity (Wildman–Crippen MR) is 65.9 cm³/mol. The number of nitrogens with zero attached hydrogens (tertiary/aromatic N) is 1. The molecular weight excluding hydrogens is 230 g/mol. The Hall–Kier alpha value is -1.06. The molecule has 1 N–H and O–H groups in total. The predicted octanol–water partition coefficient (Wildman–Crippen LogP) is 1.74. The summed E-state index contributed by atoms with van der Waals surface area (Å²) >= 11 is 0. The van der Waals surface area contributed by atoms with Crippen molar-refractivity contribution in [3.63, 3.8) is 0 Å². The van der Waals surface area contributed by atoms with Gasteiger partial charge in [-0.2, -0.15) is 0 Å². The molecule has 0 spiro atoms. The van der Waals surface area contributed by atoms with Gasteiger partial charge in [-0.1, -0.05) is 13.8 Å². The van der Waals surface area contributed by atoms with Crippen LogP contribution in [-0.2, 0) is 9.59 Å². The molecule has 1 amide bonds. The van der Waals surface area contributed by atoms with Gasteiger partial charge in [0.25, 0.3) is 0 Å². The van der Waals surface area contributed by atoms with Gasteiger partial charge >= 0.3 is 5.97 Å². The highest BCUT2D eigenvalue weighted by Crippen LogP contribution is 2.59. The molecule has 3 aliphatic carbocycles. The minimum atomic E-state index is -0.819. The molecule has 3 fully saturated rings. The summed E-state index contributed by atoms with van der Waals surface area (Å²) < 4.78 is 0. The Balaban J connectivity index is 1.70. The van der Waals surface area contributed by atoms with E-state index in [1.807, 2.05) is 18.7 Å². The smallest absolute Gasteiger partial charge is 0.307 e. The summed E-state index contributed by atoms with van der Waals surface area (Å²) in [5.74, 6) is -0.818. The number of carbonyl (C=O) groups is 2. The van der Waals surface area contributed by atoms with Gasteiger partial charge in [0.2, 0.25) is 5.91 Å². The van der Waals surface area contributed by atoms with E-state index in [2.05, 4.69) is 0 Å². The van der Waals surface area contributed by atoms with Crippen molar-refractivity contribution >= 4 is 11.9 Å². The average Bonchev–Trinajstić information content (AvgIpc) is 3.11. The van der Waals surface area contributed by atoms with Crippen LogP contribution in [0.1, 0.15) is 39.5 Å². The molecule has 0 aromatic heterocycles. The van der Waals surface area contributed by atoms with E-state index in [9.17, 15) is 9.59 Å². The molecular formula is C14H21NO3. The molecule has 3 saturated carbocycles. The first kappa shape index (κ1) is 12.0. The fourth-order valence-electron chi connectivity index (χ4n) is 3.12. The van der Waals surface area contributed by atoms with Gasteiger partial charge in [-0.15, -0.1) is 0 Å². The van der Waals surface area contributed by atoms with E-state index in [0.717, 1.165) is 19.4 Å². The number of aliphatic carboxylic acids is 1. The van der Waals surface area contributed by atoms with Gasteiger partial charge in [-0.05, 0) is 37.0 Å². The molecule has 100 valence electrons. The fraction of sp³-hybridized carbons (Fsp3) is 0.857. The third kappa shape index (κ3) is 1.91. The summed E-state index contributed by atoms with van der Waals surface area (Å²) in [7, 11) is 0. The minimum absolute atomic E-state index is 0.0989. The van der Waals surface area contributed by atoms with Gasteiger partial charge in [0.1, 0.15) is 0 Å². The van der Waals surface area contributed by atoms with Crippen LogP contribution in [0.3, 0.4) is 0 Å². The molecule has 0 unspecified atom stereocenters. The van der Waals surface area contributed by atoms with Crippen LogP contribution in [0.4, 0.5) is 0 Å². The van der Waals surface area contributed by atoms with Crippen LogP contribution in [0, 0.1) is 23.2 Å². The summed E-state index contributed by atoms with van der Waals surface area (Å²) in [6.45, 7) is 4.66. The van der Waals surface area contributed by atoms with Crippen molar-refractivity contribution in [3.8, 4) is 0 Å². The zero-order chi connectivity index (χ0) is 13.1. The second-order valence-corrected chi connectivity index (χ2v) is 6.78. The summed E-state index contributed by atoms with van der Waals surface area (Å²) in [4.78, 5) is 25.7. The van der Waals surface area contributed by atoms with Crippen molar-refractivity contribution in [2.24, 2.45) is 23.2 Å². The first-order chi connectivity index (χ1) is 8.43. The molecule has 0 saturated heterocycles. The Bertz CT molecular complexity index is 396. The highest BCUT2D eigenvalue weighted by molar-refractivity contribution is 5.92. The maximum absolute atomic E-state index is 12.5. The zero-order valence-electron chi connectivity index (χ0n) is 11.1.